The molecule has 7 heteroatoms. The first-order valence-electron chi connectivity index (χ1n) is 9.53. The number of amides is 3. The lowest BCUT2D eigenvalue weighted by Crippen LogP contribution is -2.32. The van der Waals surface area contributed by atoms with Gasteiger partial charge >= 0.3 is 0 Å². The van der Waals surface area contributed by atoms with Gasteiger partial charge < -0.3 is 10.6 Å². The molecule has 0 aliphatic carbocycles. The fourth-order valence-corrected chi connectivity index (χ4v) is 3.41. The van der Waals surface area contributed by atoms with Gasteiger partial charge in [-0.1, -0.05) is 41.9 Å². The van der Waals surface area contributed by atoms with Crippen LogP contribution in [0.4, 0.5) is 17.1 Å². The standard InChI is InChI=1S/C24H18ClN3O3/c1-15-6-5-7-18(14-15)27-22(29)16-10-12-17(13-11-16)26-21-20(25)23(30)28(24(21)31)19-8-3-2-4-9-19/h2-14,26H,1H3,(H,27,29). The number of aryl methyl sites for hydroxylation is 1. The van der Waals surface area contributed by atoms with E-state index in [2.05, 4.69) is 10.6 Å². The Balaban J connectivity index is 1.48. The number of halogens is 1. The van der Waals surface area contributed by atoms with E-state index in [4.69, 9.17) is 11.6 Å². The molecule has 0 saturated heterocycles. The van der Waals surface area contributed by atoms with E-state index in [1.54, 1.807) is 54.6 Å². The third kappa shape index (κ3) is 4.20. The van der Waals surface area contributed by atoms with Crippen LogP contribution in [-0.4, -0.2) is 17.7 Å². The summed E-state index contributed by atoms with van der Waals surface area (Å²) in [7, 11) is 0. The predicted octanol–water partition coefficient (Wildman–Crippen LogP) is 4.68. The summed E-state index contributed by atoms with van der Waals surface area (Å²) in [6.45, 7) is 1.95. The third-order valence-electron chi connectivity index (χ3n) is 4.73. The molecule has 1 heterocycles. The number of rotatable bonds is 5. The highest BCUT2D eigenvalue weighted by Crippen LogP contribution is 2.30. The Morgan fingerprint density at radius 3 is 2.23 bits per heavy atom. The van der Waals surface area contributed by atoms with E-state index < -0.39 is 11.8 Å². The smallest absolute Gasteiger partial charge is 0.283 e. The fourth-order valence-electron chi connectivity index (χ4n) is 3.20. The number of carbonyl (C=O) groups excluding carboxylic acids is 3. The summed E-state index contributed by atoms with van der Waals surface area (Å²) >= 11 is 6.14. The van der Waals surface area contributed by atoms with Crippen molar-refractivity contribution in [1.82, 2.24) is 0 Å². The van der Waals surface area contributed by atoms with Crippen molar-refractivity contribution >= 4 is 46.4 Å². The Morgan fingerprint density at radius 1 is 0.839 bits per heavy atom. The van der Waals surface area contributed by atoms with Crippen LogP contribution in [0.15, 0.2) is 89.6 Å². The molecular weight excluding hydrogens is 414 g/mol. The molecule has 0 unspecified atom stereocenters. The van der Waals surface area contributed by atoms with E-state index in [-0.39, 0.29) is 16.6 Å². The normalized spacial score (nSPS) is 13.5. The molecule has 154 valence electrons. The van der Waals surface area contributed by atoms with Crippen molar-refractivity contribution in [3.05, 3.63) is 101 Å². The summed E-state index contributed by atoms with van der Waals surface area (Å²) < 4.78 is 0. The van der Waals surface area contributed by atoms with Gasteiger partial charge in [-0.2, -0.15) is 0 Å². The van der Waals surface area contributed by atoms with Crippen molar-refractivity contribution in [2.75, 3.05) is 15.5 Å². The van der Waals surface area contributed by atoms with E-state index in [1.165, 1.54) is 0 Å². The summed E-state index contributed by atoms with van der Waals surface area (Å²) in [6.07, 6.45) is 0. The van der Waals surface area contributed by atoms with Crippen molar-refractivity contribution in [1.29, 1.82) is 0 Å². The molecule has 6 nitrogen and oxygen atoms in total. The first kappa shape index (κ1) is 20.4. The molecule has 0 radical (unpaired) electrons. The number of hydrogen-bond donors (Lipinski definition) is 2. The number of benzene rings is 3. The van der Waals surface area contributed by atoms with Gasteiger partial charge in [-0.05, 0) is 61.0 Å². The summed E-state index contributed by atoms with van der Waals surface area (Å²) in [5, 5.41) is 5.55. The van der Waals surface area contributed by atoms with E-state index in [0.29, 0.717) is 22.6 Å². The molecular formula is C24H18ClN3O3. The van der Waals surface area contributed by atoms with Crippen LogP contribution in [0.25, 0.3) is 0 Å². The highest BCUT2D eigenvalue weighted by Gasteiger charge is 2.38. The minimum atomic E-state index is -0.588. The van der Waals surface area contributed by atoms with Gasteiger partial charge in [0.05, 0.1) is 5.69 Å². The molecule has 0 fully saturated rings. The molecule has 31 heavy (non-hydrogen) atoms. The first-order chi connectivity index (χ1) is 14.9. The minimum Gasteiger partial charge on any atom is -0.350 e. The van der Waals surface area contributed by atoms with Gasteiger partial charge in [0.25, 0.3) is 17.7 Å². The molecule has 1 aliphatic heterocycles. The van der Waals surface area contributed by atoms with Crippen molar-refractivity contribution in [2.45, 2.75) is 6.92 Å². The number of carbonyl (C=O) groups is 3. The van der Waals surface area contributed by atoms with Gasteiger partial charge in [0.15, 0.2) is 0 Å². The Labute approximate surface area is 184 Å². The quantitative estimate of drug-likeness (QED) is 0.575. The van der Waals surface area contributed by atoms with Gasteiger partial charge in [-0.3, -0.25) is 14.4 Å². The molecule has 0 saturated carbocycles. The largest absolute Gasteiger partial charge is 0.350 e. The Bertz CT molecular complexity index is 1200. The molecule has 3 aromatic carbocycles. The van der Waals surface area contributed by atoms with Crippen LogP contribution in [-0.2, 0) is 9.59 Å². The van der Waals surface area contributed by atoms with E-state index >= 15 is 0 Å². The van der Waals surface area contributed by atoms with Crippen LogP contribution in [0.3, 0.4) is 0 Å². The van der Waals surface area contributed by atoms with E-state index in [9.17, 15) is 14.4 Å². The van der Waals surface area contributed by atoms with Crippen LogP contribution in [0.1, 0.15) is 15.9 Å². The molecule has 0 aromatic heterocycles. The molecule has 3 aromatic rings. The zero-order valence-corrected chi connectivity index (χ0v) is 17.3. The van der Waals surface area contributed by atoms with Gasteiger partial charge in [0.1, 0.15) is 10.7 Å². The summed E-state index contributed by atoms with van der Waals surface area (Å²) in [5.74, 6) is -1.38. The van der Waals surface area contributed by atoms with Crippen molar-refractivity contribution in [2.24, 2.45) is 0 Å². The number of para-hydroxylation sites is 1. The summed E-state index contributed by atoms with van der Waals surface area (Å²) in [5.41, 5.74) is 3.16. The van der Waals surface area contributed by atoms with Gasteiger partial charge in [0.2, 0.25) is 0 Å². The van der Waals surface area contributed by atoms with Crippen molar-refractivity contribution in [3.8, 4) is 0 Å². The van der Waals surface area contributed by atoms with Gasteiger partial charge in [-0.15, -0.1) is 0 Å². The maximum atomic E-state index is 12.8. The third-order valence-corrected chi connectivity index (χ3v) is 5.08. The lowest BCUT2D eigenvalue weighted by molar-refractivity contribution is -0.120. The molecule has 0 atom stereocenters. The number of hydrogen-bond acceptors (Lipinski definition) is 4. The maximum Gasteiger partial charge on any atom is 0.283 e. The average molecular weight is 432 g/mol. The second-order valence-electron chi connectivity index (χ2n) is 7.00. The number of imide groups is 1. The predicted molar refractivity (Wildman–Crippen MR) is 121 cm³/mol. The molecule has 0 bridgehead atoms. The number of nitrogens with zero attached hydrogens (tertiary/aromatic N) is 1. The Morgan fingerprint density at radius 2 is 1.55 bits per heavy atom. The van der Waals surface area contributed by atoms with Crippen LogP contribution in [0.2, 0.25) is 0 Å². The number of anilines is 3. The monoisotopic (exact) mass is 431 g/mol. The molecule has 1 aliphatic rings. The summed E-state index contributed by atoms with van der Waals surface area (Å²) in [4.78, 5) is 38.7. The molecule has 2 N–H and O–H groups in total. The average Bonchev–Trinajstić information content (AvgIpc) is 2.98. The van der Waals surface area contributed by atoms with E-state index in [0.717, 1.165) is 10.5 Å². The van der Waals surface area contributed by atoms with Gasteiger partial charge in [0, 0.05) is 16.9 Å². The topological polar surface area (TPSA) is 78.5 Å². The minimum absolute atomic E-state index is 0.00696. The Hall–Kier alpha value is -3.90. The first-order valence-corrected chi connectivity index (χ1v) is 9.90. The molecule has 0 spiro atoms. The molecule has 3 amide bonds. The zero-order valence-electron chi connectivity index (χ0n) is 16.6. The highest BCUT2D eigenvalue weighted by molar-refractivity contribution is 6.53. The zero-order chi connectivity index (χ0) is 22.0. The van der Waals surface area contributed by atoms with Crippen LogP contribution in [0, 0.1) is 6.92 Å². The SMILES string of the molecule is Cc1cccc(NC(=O)c2ccc(NC3=C(Cl)C(=O)N(c4ccccc4)C3=O)cc2)c1. The van der Waals surface area contributed by atoms with Crippen molar-refractivity contribution < 1.29 is 14.4 Å². The second-order valence-corrected chi connectivity index (χ2v) is 7.37. The highest BCUT2D eigenvalue weighted by atomic mass is 35.5. The van der Waals surface area contributed by atoms with Gasteiger partial charge in [-0.25, -0.2) is 4.90 Å². The lowest BCUT2D eigenvalue weighted by Gasteiger charge is -2.15. The van der Waals surface area contributed by atoms with Crippen LogP contribution >= 0.6 is 11.6 Å². The summed E-state index contributed by atoms with van der Waals surface area (Å²) in [6, 6.07) is 22.6. The lowest BCUT2D eigenvalue weighted by atomic mass is 10.1. The van der Waals surface area contributed by atoms with Crippen molar-refractivity contribution in [3.63, 3.8) is 0 Å². The second kappa shape index (κ2) is 8.45. The van der Waals surface area contributed by atoms with E-state index in [1.807, 2.05) is 31.2 Å². The molecule has 4 rings (SSSR count). The van der Waals surface area contributed by atoms with Crippen LogP contribution in [0.5, 0.6) is 0 Å². The number of nitrogens with one attached hydrogen (secondary N) is 2. The maximum absolute atomic E-state index is 12.8. The van der Waals surface area contributed by atoms with Crippen LogP contribution < -0.4 is 15.5 Å². The fraction of sp³-hybridized carbons (Fsp3) is 0.0417. The Kier molecular flexibility index (Phi) is 5.56.